The van der Waals surface area contributed by atoms with Gasteiger partial charge in [0.15, 0.2) is 0 Å². The van der Waals surface area contributed by atoms with Crippen LogP contribution in [0.5, 0.6) is 0 Å². The van der Waals surface area contributed by atoms with Crippen molar-refractivity contribution in [1.29, 1.82) is 0 Å². The van der Waals surface area contributed by atoms with Crippen molar-refractivity contribution in [2.45, 2.75) is 18.4 Å². The lowest BCUT2D eigenvalue weighted by Gasteiger charge is -2.17. The number of benzene rings is 2. The van der Waals surface area contributed by atoms with E-state index in [9.17, 15) is 14.9 Å². The van der Waals surface area contributed by atoms with E-state index in [4.69, 9.17) is 0 Å². The van der Waals surface area contributed by atoms with Crippen LogP contribution in [-0.2, 0) is 11.3 Å². The van der Waals surface area contributed by atoms with Crippen LogP contribution in [0.2, 0.25) is 0 Å². The maximum Gasteiger partial charge on any atom is 0.269 e. The second-order valence-corrected chi connectivity index (χ2v) is 6.33. The Balaban J connectivity index is 1.90. The Labute approximate surface area is 139 Å². The van der Waals surface area contributed by atoms with Crippen molar-refractivity contribution in [3.8, 4) is 0 Å². The molecule has 120 valence electrons. The molecule has 0 radical (unpaired) electrons. The van der Waals surface area contributed by atoms with Crippen molar-refractivity contribution < 1.29 is 9.72 Å². The monoisotopic (exact) mass is 330 g/mol. The molecule has 0 saturated heterocycles. The third-order valence-electron chi connectivity index (χ3n) is 3.35. The summed E-state index contributed by atoms with van der Waals surface area (Å²) in [6.45, 7) is 2.38. The van der Waals surface area contributed by atoms with E-state index in [1.807, 2.05) is 31.2 Å². The molecule has 0 spiro atoms. The first-order valence-electron chi connectivity index (χ1n) is 7.12. The van der Waals surface area contributed by atoms with Crippen LogP contribution in [0.4, 0.5) is 5.69 Å². The van der Waals surface area contributed by atoms with Crippen LogP contribution in [0.15, 0.2) is 53.4 Å². The number of rotatable bonds is 6. The molecule has 0 N–H and O–H groups in total. The summed E-state index contributed by atoms with van der Waals surface area (Å²) in [6, 6.07) is 14.4. The number of carbonyl (C=O) groups excluding carboxylic acids is 1. The van der Waals surface area contributed by atoms with Gasteiger partial charge in [-0.2, -0.15) is 0 Å². The molecular weight excluding hydrogens is 312 g/mol. The molecule has 0 aliphatic rings. The van der Waals surface area contributed by atoms with Gasteiger partial charge in [0.2, 0.25) is 5.91 Å². The highest BCUT2D eigenvalue weighted by Crippen LogP contribution is 2.19. The molecule has 2 rings (SSSR count). The molecule has 0 aliphatic heterocycles. The van der Waals surface area contributed by atoms with E-state index in [0.29, 0.717) is 12.3 Å². The topological polar surface area (TPSA) is 63.5 Å². The quantitative estimate of drug-likeness (QED) is 0.461. The first-order valence-corrected chi connectivity index (χ1v) is 8.11. The van der Waals surface area contributed by atoms with Crippen molar-refractivity contribution >= 4 is 23.4 Å². The molecule has 2 aromatic carbocycles. The Hall–Kier alpha value is -2.34. The molecule has 0 atom stereocenters. The van der Waals surface area contributed by atoms with Crippen LogP contribution in [0.1, 0.15) is 11.1 Å². The molecule has 0 aromatic heterocycles. The van der Waals surface area contributed by atoms with Gasteiger partial charge < -0.3 is 4.90 Å². The second kappa shape index (κ2) is 7.78. The Kier molecular flexibility index (Phi) is 5.76. The number of non-ortho nitro benzene ring substituents is 1. The normalized spacial score (nSPS) is 10.3. The van der Waals surface area contributed by atoms with Crippen LogP contribution in [-0.4, -0.2) is 28.5 Å². The highest BCUT2D eigenvalue weighted by molar-refractivity contribution is 8.00. The zero-order valence-electron chi connectivity index (χ0n) is 13.1. The number of aryl methyl sites for hydroxylation is 1. The van der Waals surface area contributed by atoms with Crippen molar-refractivity contribution in [1.82, 2.24) is 4.90 Å². The molecule has 0 fully saturated rings. The van der Waals surface area contributed by atoms with E-state index in [0.717, 1.165) is 10.5 Å². The fourth-order valence-corrected chi connectivity index (χ4v) is 2.86. The molecule has 0 unspecified atom stereocenters. The van der Waals surface area contributed by atoms with Gasteiger partial charge in [-0.3, -0.25) is 14.9 Å². The van der Waals surface area contributed by atoms with E-state index in [1.165, 1.54) is 29.5 Å². The highest BCUT2D eigenvalue weighted by atomic mass is 32.2. The van der Waals surface area contributed by atoms with Gasteiger partial charge in [0.05, 0.1) is 10.7 Å². The zero-order valence-corrected chi connectivity index (χ0v) is 13.9. The number of nitro benzene ring substituents is 1. The number of nitro groups is 1. The maximum absolute atomic E-state index is 12.2. The number of thioether (sulfide) groups is 1. The molecule has 0 bridgehead atoms. The van der Waals surface area contributed by atoms with Crippen LogP contribution < -0.4 is 0 Å². The first-order chi connectivity index (χ1) is 11.0. The summed E-state index contributed by atoms with van der Waals surface area (Å²) in [6.07, 6.45) is 0. The molecule has 23 heavy (non-hydrogen) atoms. The van der Waals surface area contributed by atoms with E-state index in [2.05, 4.69) is 0 Å². The minimum atomic E-state index is -0.432. The number of hydrogen-bond acceptors (Lipinski definition) is 4. The fraction of sp³-hybridized carbons (Fsp3) is 0.235. The SMILES string of the molecule is Cc1ccc(SCC(=O)N(C)Cc2cccc([N+](=O)[O-])c2)cc1. The summed E-state index contributed by atoms with van der Waals surface area (Å²) in [4.78, 5) is 25.2. The van der Waals surface area contributed by atoms with Crippen molar-refractivity contribution in [3.05, 3.63) is 69.8 Å². The van der Waals surface area contributed by atoms with Crippen LogP contribution in [0.3, 0.4) is 0 Å². The molecule has 6 heteroatoms. The highest BCUT2D eigenvalue weighted by Gasteiger charge is 2.12. The summed E-state index contributed by atoms with van der Waals surface area (Å²) in [5, 5.41) is 10.8. The molecule has 2 aromatic rings. The maximum atomic E-state index is 12.2. The summed E-state index contributed by atoms with van der Waals surface area (Å²) in [7, 11) is 1.71. The van der Waals surface area contributed by atoms with Gasteiger partial charge in [-0.15, -0.1) is 11.8 Å². The van der Waals surface area contributed by atoms with Crippen molar-refractivity contribution in [2.75, 3.05) is 12.8 Å². The van der Waals surface area contributed by atoms with Gasteiger partial charge in [-0.1, -0.05) is 29.8 Å². The van der Waals surface area contributed by atoms with Crippen molar-refractivity contribution in [2.24, 2.45) is 0 Å². The smallest absolute Gasteiger partial charge is 0.269 e. The van der Waals surface area contributed by atoms with E-state index in [-0.39, 0.29) is 11.6 Å². The van der Waals surface area contributed by atoms with Gasteiger partial charge in [0.25, 0.3) is 5.69 Å². The van der Waals surface area contributed by atoms with Crippen LogP contribution >= 0.6 is 11.8 Å². The Bertz CT molecular complexity index is 701. The van der Waals surface area contributed by atoms with Gasteiger partial charge in [-0.25, -0.2) is 0 Å². The fourth-order valence-electron chi connectivity index (χ4n) is 2.02. The Morgan fingerprint density at radius 2 is 1.91 bits per heavy atom. The summed E-state index contributed by atoms with van der Waals surface area (Å²) >= 11 is 1.48. The van der Waals surface area contributed by atoms with Crippen LogP contribution in [0.25, 0.3) is 0 Å². The summed E-state index contributed by atoms with van der Waals surface area (Å²) < 4.78 is 0. The molecule has 0 aliphatic carbocycles. The minimum Gasteiger partial charge on any atom is -0.341 e. The minimum absolute atomic E-state index is 0.0120. The Morgan fingerprint density at radius 1 is 1.22 bits per heavy atom. The molecule has 0 heterocycles. The summed E-state index contributed by atoms with van der Waals surface area (Å²) in [5.74, 6) is 0.330. The van der Waals surface area contributed by atoms with Gasteiger partial charge in [-0.05, 0) is 24.6 Å². The summed E-state index contributed by atoms with van der Waals surface area (Å²) in [5.41, 5.74) is 1.97. The van der Waals surface area contributed by atoms with Gasteiger partial charge in [0, 0.05) is 30.6 Å². The average molecular weight is 330 g/mol. The number of hydrogen-bond donors (Lipinski definition) is 0. The van der Waals surface area contributed by atoms with Gasteiger partial charge in [0.1, 0.15) is 0 Å². The molecule has 5 nitrogen and oxygen atoms in total. The Morgan fingerprint density at radius 3 is 2.57 bits per heavy atom. The largest absolute Gasteiger partial charge is 0.341 e. The number of amides is 1. The third-order valence-corrected chi connectivity index (χ3v) is 4.35. The second-order valence-electron chi connectivity index (χ2n) is 5.28. The van der Waals surface area contributed by atoms with Crippen LogP contribution in [0, 0.1) is 17.0 Å². The molecule has 0 saturated carbocycles. The molecular formula is C17H18N2O3S. The van der Waals surface area contributed by atoms with Crippen molar-refractivity contribution in [3.63, 3.8) is 0 Å². The van der Waals surface area contributed by atoms with Gasteiger partial charge >= 0.3 is 0 Å². The first kappa shape index (κ1) is 17.0. The lowest BCUT2D eigenvalue weighted by Crippen LogP contribution is -2.27. The predicted molar refractivity (Wildman–Crippen MR) is 91.5 cm³/mol. The third kappa shape index (κ3) is 5.10. The number of carbonyl (C=O) groups is 1. The lowest BCUT2D eigenvalue weighted by atomic mass is 10.2. The lowest BCUT2D eigenvalue weighted by molar-refractivity contribution is -0.384. The standard InChI is InChI=1S/C17H18N2O3S/c1-13-6-8-16(9-7-13)23-12-17(20)18(2)11-14-4-3-5-15(10-14)19(21)22/h3-10H,11-12H2,1-2H3. The predicted octanol–water partition coefficient (Wildman–Crippen LogP) is 3.65. The number of nitrogens with zero attached hydrogens (tertiary/aromatic N) is 2. The molecule has 1 amide bonds. The van der Waals surface area contributed by atoms with E-state index < -0.39 is 4.92 Å². The van der Waals surface area contributed by atoms with E-state index >= 15 is 0 Å². The average Bonchev–Trinajstić information content (AvgIpc) is 2.54. The zero-order chi connectivity index (χ0) is 16.8. The van der Waals surface area contributed by atoms with E-state index in [1.54, 1.807) is 24.1 Å².